The van der Waals surface area contributed by atoms with Crippen molar-refractivity contribution in [3.63, 3.8) is 0 Å². The molecule has 1 N–H and O–H groups in total. The highest BCUT2D eigenvalue weighted by Gasteiger charge is 2.11. The molecule has 0 fully saturated rings. The van der Waals surface area contributed by atoms with E-state index in [0.29, 0.717) is 12.4 Å². The molecule has 0 saturated carbocycles. The van der Waals surface area contributed by atoms with E-state index >= 15 is 0 Å². The molecule has 0 spiro atoms. The number of hydrogen-bond acceptors (Lipinski definition) is 2. The average molecular weight is 316 g/mol. The van der Waals surface area contributed by atoms with Gasteiger partial charge in [0.25, 0.3) is 0 Å². The number of carbonyl (C=O) groups excluding carboxylic acids is 1. The number of hydrogen-bond donors (Lipinski definition) is 1. The lowest BCUT2D eigenvalue weighted by Gasteiger charge is -2.20. The minimum atomic E-state index is -0.278. The molecule has 0 aliphatic heterocycles. The van der Waals surface area contributed by atoms with Crippen molar-refractivity contribution in [3.05, 3.63) is 59.9 Å². The van der Waals surface area contributed by atoms with Gasteiger partial charge < -0.3 is 10.1 Å². The molecule has 5 heteroatoms. The zero-order valence-corrected chi connectivity index (χ0v) is 13.5. The standard InChI is InChI=1S/C18H21FN2O2/c1-13(2)20-18(22)21(3)16-7-9-17(10-8-16)23-12-14-5-4-6-15(19)11-14/h4-11,13H,12H2,1-3H3,(H,20,22). The Kier molecular flexibility index (Phi) is 5.57. The molecule has 0 aliphatic rings. The van der Waals surface area contributed by atoms with Crippen LogP contribution in [-0.2, 0) is 6.61 Å². The van der Waals surface area contributed by atoms with E-state index in [1.54, 1.807) is 37.4 Å². The number of nitrogens with zero attached hydrogens (tertiary/aromatic N) is 1. The molecule has 0 aromatic heterocycles. The highest BCUT2D eigenvalue weighted by atomic mass is 19.1. The normalized spacial score (nSPS) is 10.5. The molecular formula is C18H21FN2O2. The second kappa shape index (κ2) is 7.63. The van der Waals surface area contributed by atoms with E-state index in [0.717, 1.165) is 11.3 Å². The highest BCUT2D eigenvalue weighted by molar-refractivity contribution is 5.91. The quantitative estimate of drug-likeness (QED) is 0.907. The van der Waals surface area contributed by atoms with E-state index in [2.05, 4.69) is 5.32 Å². The highest BCUT2D eigenvalue weighted by Crippen LogP contribution is 2.19. The molecule has 2 aromatic rings. The molecule has 0 bridgehead atoms. The zero-order valence-electron chi connectivity index (χ0n) is 13.5. The number of nitrogens with one attached hydrogen (secondary N) is 1. The molecule has 0 saturated heterocycles. The molecule has 2 aromatic carbocycles. The van der Waals surface area contributed by atoms with Gasteiger partial charge in [0.05, 0.1) is 0 Å². The SMILES string of the molecule is CC(C)NC(=O)N(C)c1ccc(OCc2cccc(F)c2)cc1. The summed E-state index contributed by atoms with van der Waals surface area (Å²) in [6.07, 6.45) is 0. The van der Waals surface area contributed by atoms with E-state index < -0.39 is 0 Å². The summed E-state index contributed by atoms with van der Waals surface area (Å²) in [4.78, 5) is 13.5. The summed E-state index contributed by atoms with van der Waals surface area (Å²) in [5, 5.41) is 2.83. The summed E-state index contributed by atoms with van der Waals surface area (Å²) in [5.74, 6) is 0.384. The fourth-order valence-electron chi connectivity index (χ4n) is 2.02. The van der Waals surface area contributed by atoms with Crippen molar-refractivity contribution < 1.29 is 13.9 Å². The predicted octanol–water partition coefficient (Wildman–Crippen LogP) is 3.96. The largest absolute Gasteiger partial charge is 0.489 e. The summed E-state index contributed by atoms with van der Waals surface area (Å²) >= 11 is 0. The van der Waals surface area contributed by atoms with Gasteiger partial charge >= 0.3 is 6.03 Å². The van der Waals surface area contributed by atoms with Crippen LogP contribution in [0.15, 0.2) is 48.5 Å². The fourth-order valence-corrected chi connectivity index (χ4v) is 2.02. The summed E-state index contributed by atoms with van der Waals surface area (Å²) in [6, 6.07) is 13.4. The summed E-state index contributed by atoms with van der Waals surface area (Å²) < 4.78 is 18.7. The molecule has 122 valence electrons. The maximum atomic E-state index is 13.1. The number of rotatable bonds is 5. The first kappa shape index (κ1) is 16.8. The minimum absolute atomic E-state index is 0.0822. The monoisotopic (exact) mass is 316 g/mol. The zero-order chi connectivity index (χ0) is 16.8. The third-order valence-electron chi connectivity index (χ3n) is 3.24. The maximum Gasteiger partial charge on any atom is 0.321 e. The lowest BCUT2D eigenvalue weighted by atomic mass is 10.2. The molecule has 4 nitrogen and oxygen atoms in total. The van der Waals surface area contributed by atoms with Crippen LogP contribution in [0.2, 0.25) is 0 Å². The van der Waals surface area contributed by atoms with Crippen LogP contribution in [0.4, 0.5) is 14.9 Å². The molecule has 0 unspecified atom stereocenters. The van der Waals surface area contributed by atoms with Gasteiger partial charge in [0.15, 0.2) is 0 Å². The van der Waals surface area contributed by atoms with Crippen molar-refractivity contribution in [2.24, 2.45) is 0 Å². The van der Waals surface area contributed by atoms with Crippen LogP contribution in [0.25, 0.3) is 0 Å². The van der Waals surface area contributed by atoms with Crippen LogP contribution >= 0.6 is 0 Å². The molecule has 0 heterocycles. The van der Waals surface area contributed by atoms with Gasteiger partial charge in [-0.15, -0.1) is 0 Å². The molecule has 23 heavy (non-hydrogen) atoms. The van der Waals surface area contributed by atoms with Gasteiger partial charge in [0.1, 0.15) is 18.2 Å². The maximum absolute atomic E-state index is 13.1. The van der Waals surface area contributed by atoms with Crippen LogP contribution in [0, 0.1) is 5.82 Å². The van der Waals surface area contributed by atoms with Crippen LogP contribution in [0.1, 0.15) is 19.4 Å². The van der Waals surface area contributed by atoms with Crippen LogP contribution in [0.5, 0.6) is 5.75 Å². The van der Waals surface area contributed by atoms with Gasteiger partial charge in [-0.3, -0.25) is 4.90 Å². The first-order chi connectivity index (χ1) is 11.0. The Morgan fingerprint density at radius 1 is 1.22 bits per heavy atom. The Hall–Kier alpha value is -2.56. The van der Waals surface area contributed by atoms with E-state index in [-0.39, 0.29) is 17.9 Å². The summed E-state index contributed by atoms with van der Waals surface area (Å²) in [6.45, 7) is 4.12. The third kappa shape index (κ3) is 4.98. The first-order valence-electron chi connectivity index (χ1n) is 7.47. The molecule has 2 amide bonds. The van der Waals surface area contributed by atoms with Crippen molar-refractivity contribution in [1.29, 1.82) is 0 Å². The number of ether oxygens (including phenoxy) is 1. The molecule has 0 atom stereocenters. The van der Waals surface area contributed by atoms with Crippen molar-refractivity contribution in [2.75, 3.05) is 11.9 Å². The van der Waals surface area contributed by atoms with Crippen LogP contribution in [-0.4, -0.2) is 19.1 Å². The van der Waals surface area contributed by atoms with E-state index in [1.807, 2.05) is 19.9 Å². The van der Waals surface area contributed by atoms with E-state index in [1.165, 1.54) is 17.0 Å². The summed E-state index contributed by atoms with van der Waals surface area (Å²) in [7, 11) is 1.71. The van der Waals surface area contributed by atoms with E-state index in [9.17, 15) is 9.18 Å². The molecule has 0 aliphatic carbocycles. The van der Waals surface area contributed by atoms with Gasteiger partial charge in [-0.05, 0) is 55.8 Å². The number of urea groups is 1. The lowest BCUT2D eigenvalue weighted by Crippen LogP contribution is -2.40. The minimum Gasteiger partial charge on any atom is -0.489 e. The Balaban J connectivity index is 1.95. The van der Waals surface area contributed by atoms with E-state index in [4.69, 9.17) is 4.74 Å². The molecular weight excluding hydrogens is 295 g/mol. The van der Waals surface area contributed by atoms with Gasteiger partial charge in [0, 0.05) is 18.8 Å². The van der Waals surface area contributed by atoms with Gasteiger partial charge in [-0.25, -0.2) is 9.18 Å². The average Bonchev–Trinajstić information content (AvgIpc) is 2.52. The number of amides is 2. The number of carbonyl (C=O) groups is 1. The predicted molar refractivity (Wildman–Crippen MR) is 89.2 cm³/mol. The topological polar surface area (TPSA) is 41.6 Å². The third-order valence-corrected chi connectivity index (χ3v) is 3.24. The smallest absolute Gasteiger partial charge is 0.321 e. The second-order valence-corrected chi connectivity index (χ2v) is 5.58. The number of anilines is 1. The van der Waals surface area contributed by atoms with Crippen molar-refractivity contribution in [3.8, 4) is 5.75 Å². The van der Waals surface area contributed by atoms with Crippen LogP contribution in [0.3, 0.4) is 0 Å². The Morgan fingerprint density at radius 2 is 1.91 bits per heavy atom. The Morgan fingerprint density at radius 3 is 2.52 bits per heavy atom. The first-order valence-corrected chi connectivity index (χ1v) is 7.47. The summed E-state index contributed by atoms with van der Waals surface area (Å²) in [5.41, 5.74) is 1.53. The lowest BCUT2D eigenvalue weighted by molar-refractivity contribution is 0.245. The van der Waals surface area contributed by atoms with Gasteiger partial charge in [-0.1, -0.05) is 12.1 Å². The second-order valence-electron chi connectivity index (χ2n) is 5.58. The Labute approximate surface area is 135 Å². The molecule has 2 rings (SSSR count). The van der Waals surface area contributed by atoms with Crippen LogP contribution < -0.4 is 15.0 Å². The Bertz CT molecular complexity index is 656. The van der Waals surface area contributed by atoms with Crippen molar-refractivity contribution in [2.45, 2.75) is 26.5 Å². The van der Waals surface area contributed by atoms with Crippen molar-refractivity contribution >= 4 is 11.7 Å². The van der Waals surface area contributed by atoms with Gasteiger partial charge in [0.2, 0.25) is 0 Å². The molecule has 0 radical (unpaired) electrons. The fraction of sp³-hybridized carbons (Fsp3) is 0.278. The number of halogens is 1. The van der Waals surface area contributed by atoms with Gasteiger partial charge in [-0.2, -0.15) is 0 Å². The number of benzene rings is 2. The van der Waals surface area contributed by atoms with Crippen molar-refractivity contribution in [1.82, 2.24) is 5.32 Å².